The number of carbonyl (C=O) groups is 1. The van der Waals surface area contributed by atoms with Crippen LogP contribution in [0.25, 0.3) is 16.8 Å². The molecule has 0 atom stereocenters. The summed E-state index contributed by atoms with van der Waals surface area (Å²) in [6.45, 7) is 3.47. The monoisotopic (exact) mass is 496 g/mol. The third kappa shape index (κ3) is 4.89. The molecule has 0 spiro atoms. The summed E-state index contributed by atoms with van der Waals surface area (Å²) in [5, 5.41) is 7.64. The van der Waals surface area contributed by atoms with Crippen molar-refractivity contribution in [1.29, 1.82) is 0 Å². The molecule has 0 aliphatic rings. The van der Waals surface area contributed by atoms with Crippen molar-refractivity contribution < 1.29 is 13.2 Å². The molecule has 0 aliphatic heterocycles. The molecule has 0 saturated carbocycles. The van der Waals surface area contributed by atoms with E-state index in [0.29, 0.717) is 27.5 Å². The second-order valence-electron chi connectivity index (χ2n) is 8.67. The van der Waals surface area contributed by atoms with Crippen LogP contribution in [-0.2, 0) is 15.6 Å². The van der Waals surface area contributed by atoms with Gasteiger partial charge >= 0.3 is 0 Å². The van der Waals surface area contributed by atoms with Gasteiger partial charge in [-0.1, -0.05) is 48.0 Å². The Morgan fingerprint density at radius 3 is 2.44 bits per heavy atom. The minimum absolute atomic E-state index is 0.00116. The lowest BCUT2D eigenvalue weighted by Crippen LogP contribution is -2.05. The Kier molecular flexibility index (Phi) is 6.12. The number of aromatic nitrogens is 3. The van der Waals surface area contributed by atoms with Crippen molar-refractivity contribution in [3.8, 4) is 11.1 Å². The highest BCUT2D eigenvalue weighted by molar-refractivity contribution is 7.90. The number of hydrogen-bond donors (Lipinski definition) is 1. The summed E-state index contributed by atoms with van der Waals surface area (Å²) in [7, 11) is -3.42. The predicted octanol–water partition coefficient (Wildman–Crippen LogP) is 5.62. The van der Waals surface area contributed by atoms with Gasteiger partial charge in [-0.15, -0.1) is 0 Å². The minimum atomic E-state index is -3.42. The van der Waals surface area contributed by atoms with Gasteiger partial charge in [-0.2, -0.15) is 5.10 Å². The molecule has 3 aromatic carbocycles. The Morgan fingerprint density at radius 2 is 1.72 bits per heavy atom. The van der Waals surface area contributed by atoms with Gasteiger partial charge in [0.15, 0.2) is 21.3 Å². The van der Waals surface area contributed by atoms with Gasteiger partial charge < -0.3 is 5.32 Å². The molecular formula is C28H24N4O3S. The van der Waals surface area contributed by atoms with Gasteiger partial charge in [0.05, 0.1) is 16.8 Å². The number of nitrogens with zero attached hydrogens (tertiary/aromatic N) is 3. The fourth-order valence-electron chi connectivity index (χ4n) is 3.93. The molecule has 0 fully saturated rings. The summed E-state index contributed by atoms with van der Waals surface area (Å²) in [6.07, 6.45) is 3.54. The van der Waals surface area contributed by atoms with Gasteiger partial charge in [0.2, 0.25) is 0 Å². The highest BCUT2D eigenvalue weighted by atomic mass is 32.2. The van der Waals surface area contributed by atoms with Crippen LogP contribution in [0.4, 0.5) is 11.5 Å². The van der Waals surface area contributed by atoms with Crippen molar-refractivity contribution in [1.82, 2.24) is 14.6 Å². The van der Waals surface area contributed by atoms with Crippen LogP contribution in [0.1, 0.15) is 28.4 Å². The van der Waals surface area contributed by atoms with Gasteiger partial charge in [-0.3, -0.25) is 4.79 Å². The van der Waals surface area contributed by atoms with E-state index >= 15 is 0 Å². The number of hydrogen-bond acceptors (Lipinski definition) is 6. The highest BCUT2D eigenvalue weighted by Crippen LogP contribution is 2.26. The van der Waals surface area contributed by atoms with E-state index in [1.165, 1.54) is 0 Å². The summed E-state index contributed by atoms with van der Waals surface area (Å²) in [5.74, 6) is 0.546. The Bertz CT molecular complexity index is 1670. The van der Waals surface area contributed by atoms with Crippen LogP contribution in [-0.4, -0.2) is 28.8 Å². The number of anilines is 2. The summed E-state index contributed by atoms with van der Waals surface area (Å²) in [6, 6.07) is 23.3. The number of sulfone groups is 1. The van der Waals surface area contributed by atoms with E-state index in [2.05, 4.69) is 10.4 Å². The Labute approximate surface area is 209 Å². The summed E-state index contributed by atoms with van der Waals surface area (Å²) >= 11 is 0. The molecule has 0 aliphatic carbocycles. The smallest absolute Gasteiger partial charge is 0.182 e. The van der Waals surface area contributed by atoms with Crippen LogP contribution < -0.4 is 5.32 Å². The summed E-state index contributed by atoms with van der Waals surface area (Å²) < 4.78 is 27.2. The first-order valence-corrected chi connectivity index (χ1v) is 13.0. The van der Waals surface area contributed by atoms with Gasteiger partial charge in [0.1, 0.15) is 5.82 Å². The molecule has 5 rings (SSSR count). The average molecular weight is 497 g/mol. The molecule has 2 aromatic heterocycles. The van der Waals surface area contributed by atoms with E-state index in [9.17, 15) is 13.2 Å². The van der Waals surface area contributed by atoms with E-state index in [1.54, 1.807) is 60.1 Å². The van der Waals surface area contributed by atoms with Crippen molar-refractivity contribution >= 4 is 32.8 Å². The van der Waals surface area contributed by atoms with Crippen molar-refractivity contribution in [2.45, 2.75) is 24.5 Å². The number of nitrogens with one attached hydrogen (secondary N) is 1. The van der Waals surface area contributed by atoms with Crippen LogP contribution in [0.5, 0.6) is 0 Å². The number of fused-ring (bicyclic) bond motifs is 1. The van der Waals surface area contributed by atoms with Crippen LogP contribution in [0.2, 0.25) is 0 Å². The highest BCUT2D eigenvalue weighted by Gasteiger charge is 2.15. The second kappa shape index (κ2) is 9.39. The van der Waals surface area contributed by atoms with Crippen LogP contribution >= 0.6 is 0 Å². The van der Waals surface area contributed by atoms with E-state index in [-0.39, 0.29) is 11.5 Å². The molecule has 2 heterocycles. The zero-order valence-corrected chi connectivity index (χ0v) is 20.7. The molecule has 8 heteroatoms. The summed E-state index contributed by atoms with van der Waals surface area (Å²) in [5.41, 5.74) is 5.46. The lowest BCUT2D eigenvalue weighted by atomic mass is 10.0. The third-order valence-electron chi connectivity index (χ3n) is 5.91. The Morgan fingerprint density at radius 1 is 0.972 bits per heavy atom. The van der Waals surface area contributed by atoms with Crippen molar-refractivity contribution in [3.05, 3.63) is 108 Å². The molecule has 0 bridgehead atoms. The fourth-order valence-corrected chi connectivity index (χ4v) is 5.28. The maximum atomic E-state index is 12.7. The molecule has 1 N–H and O–H groups in total. The zero-order chi connectivity index (χ0) is 25.3. The van der Waals surface area contributed by atoms with Crippen molar-refractivity contribution in [2.75, 3.05) is 5.32 Å². The largest absolute Gasteiger partial charge is 0.340 e. The van der Waals surface area contributed by atoms with Crippen molar-refractivity contribution in [3.63, 3.8) is 0 Å². The molecule has 0 unspecified atom stereocenters. The maximum absolute atomic E-state index is 12.7. The number of Topliss-reactive ketones (excluding diaryl/α,β-unsaturated/α-hetero) is 1. The average Bonchev–Trinajstić information content (AvgIpc) is 3.29. The van der Waals surface area contributed by atoms with E-state index in [0.717, 1.165) is 22.4 Å². The molecule has 0 saturated heterocycles. The van der Waals surface area contributed by atoms with Gasteiger partial charge in [-0.05, 0) is 61.4 Å². The zero-order valence-electron chi connectivity index (χ0n) is 19.8. The quantitative estimate of drug-likeness (QED) is 0.294. The fraction of sp³-hybridized carbons (Fsp3) is 0.107. The van der Waals surface area contributed by atoms with E-state index in [4.69, 9.17) is 4.98 Å². The van der Waals surface area contributed by atoms with E-state index in [1.807, 2.05) is 49.5 Å². The first-order valence-electron chi connectivity index (χ1n) is 11.4. The first kappa shape index (κ1) is 23.4. The molecule has 7 nitrogen and oxygen atoms in total. The second-order valence-corrected chi connectivity index (χ2v) is 10.7. The minimum Gasteiger partial charge on any atom is -0.340 e. The topological polar surface area (TPSA) is 93.4 Å². The lowest BCUT2D eigenvalue weighted by molar-refractivity contribution is 0.101. The SMILES string of the molecule is CC(=O)c1cccc(-c2cnn3ccc(Nc4ccc(CS(=O)(=O)c5ccc(C)cc5)cc4)nc23)c1. The van der Waals surface area contributed by atoms with Crippen LogP contribution in [0.15, 0.2) is 96.2 Å². The third-order valence-corrected chi connectivity index (χ3v) is 7.62. The number of benzene rings is 3. The summed E-state index contributed by atoms with van der Waals surface area (Å²) in [4.78, 5) is 16.8. The molecule has 0 amide bonds. The molecule has 180 valence electrons. The standard InChI is InChI=1S/C28H24N4O3S/c1-19-6-12-25(13-7-19)36(34,35)18-21-8-10-24(11-9-21)30-27-14-15-32-28(31-27)26(17-29-32)23-5-3-4-22(16-23)20(2)33/h3-17H,18H2,1-2H3,(H,30,31). The number of aryl methyl sites for hydroxylation is 1. The van der Waals surface area contributed by atoms with Crippen LogP contribution in [0, 0.1) is 6.92 Å². The van der Waals surface area contributed by atoms with Gasteiger partial charge in [0.25, 0.3) is 0 Å². The molecule has 5 aromatic rings. The number of carbonyl (C=O) groups excluding carboxylic acids is 1. The molecule has 0 radical (unpaired) electrons. The Hall–Kier alpha value is -4.30. The molecular weight excluding hydrogens is 472 g/mol. The molecule has 36 heavy (non-hydrogen) atoms. The predicted molar refractivity (Wildman–Crippen MR) is 140 cm³/mol. The van der Waals surface area contributed by atoms with Gasteiger partial charge in [-0.25, -0.2) is 17.9 Å². The van der Waals surface area contributed by atoms with E-state index < -0.39 is 9.84 Å². The van der Waals surface area contributed by atoms with Crippen molar-refractivity contribution in [2.24, 2.45) is 0 Å². The first-order chi connectivity index (χ1) is 17.3. The lowest BCUT2D eigenvalue weighted by Gasteiger charge is -2.09. The normalized spacial score (nSPS) is 11.5. The number of rotatable bonds is 7. The number of ketones is 1. The van der Waals surface area contributed by atoms with Gasteiger partial charge in [0, 0.05) is 23.0 Å². The Balaban J connectivity index is 1.36. The van der Waals surface area contributed by atoms with Crippen LogP contribution in [0.3, 0.4) is 0 Å². The maximum Gasteiger partial charge on any atom is 0.182 e.